The number of hydrogen-bond donors (Lipinski definition) is 0. The zero-order chi connectivity index (χ0) is 31.4. The monoisotopic (exact) mass is 585 g/mol. The molecule has 0 saturated heterocycles. The van der Waals surface area contributed by atoms with Gasteiger partial charge in [-0.1, -0.05) is 72.8 Å². The Balaban J connectivity index is 1.55. The van der Waals surface area contributed by atoms with Gasteiger partial charge in [-0.15, -0.1) is 0 Å². The SMILES string of the molecule is [C-]#[N+]c1cccc([N+]#[C-])c1-c1ccc2c3cccc(-c4c(C#N)cccc4C#N)c3n(-c3ccc4oc5ccccc5c4c3)c2c1. The maximum atomic E-state index is 10.1. The first-order chi connectivity index (χ1) is 22.6. The van der Waals surface area contributed by atoms with E-state index >= 15 is 0 Å². The topological polar surface area (TPSA) is 74.4 Å². The molecule has 210 valence electrons. The van der Waals surface area contributed by atoms with Crippen molar-refractivity contribution in [1.82, 2.24) is 4.57 Å². The maximum absolute atomic E-state index is 10.1. The van der Waals surface area contributed by atoms with Crippen LogP contribution in [-0.2, 0) is 0 Å². The molecule has 6 heteroatoms. The van der Waals surface area contributed by atoms with Gasteiger partial charge in [0.05, 0.1) is 47.4 Å². The third-order valence-corrected chi connectivity index (χ3v) is 8.53. The summed E-state index contributed by atoms with van der Waals surface area (Å²) in [7, 11) is 0. The van der Waals surface area contributed by atoms with Crippen LogP contribution in [0.3, 0.4) is 0 Å². The van der Waals surface area contributed by atoms with E-state index in [9.17, 15) is 10.5 Å². The van der Waals surface area contributed by atoms with Gasteiger partial charge in [-0.05, 0) is 53.6 Å². The summed E-state index contributed by atoms with van der Waals surface area (Å²) >= 11 is 0. The van der Waals surface area contributed by atoms with Gasteiger partial charge in [0, 0.05) is 38.4 Å². The van der Waals surface area contributed by atoms with Crippen molar-refractivity contribution in [1.29, 1.82) is 10.5 Å². The Kier molecular flexibility index (Phi) is 5.91. The largest absolute Gasteiger partial charge is 0.456 e. The van der Waals surface area contributed by atoms with Crippen LogP contribution in [0.25, 0.3) is 81.4 Å². The molecule has 2 heterocycles. The summed E-state index contributed by atoms with van der Waals surface area (Å²) in [5.74, 6) is 0. The van der Waals surface area contributed by atoms with E-state index in [0.29, 0.717) is 33.6 Å². The molecule has 46 heavy (non-hydrogen) atoms. The Hall–Kier alpha value is -7.12. The number of furan rings is 1. The summed E-state index contributed by atoms with van der Waals surface area (Å²) in [4.78, 5) is 7.47. The van der Waals surface area contributed by atoms with Gasteiger partial charge in [-0.2, -0.15) is 10.5 Å². The van der Waals surface area contributed by atoms with Crippen LogP contribution in [0.2, 0.25) is 0 Å². The van der Waals surface area contributed by atoms with E-state index in [-0.39, 0.29) is 0 Å². The summed E-state index contributed by atoms with van der Waals surface area (Å²) < 4.78 is 8.29. The van der Waals surface area contributed by atoms with Gasteiger partial charge in [-0.3, -0.25) is 0 Å². The van der Waals surface area contributed by atoms with Crippen molar-refractivity contribution in [2.24, 2.45) is 0 Å². The Labute approximate surface area is 263 Å². The average molecular weight is 586 g/mol. The third-order valence-electron chi connectivity index (χ3n) is 8.53. The second-order valence-corrected chi connectivity index (χ2v) is 10.9. The van der Waals surface area contributed by atoms with Crippen molar-refractivity contribution in [3.8, 4) is 40.1 Å². The molecule has 0 radical (unpaired) electrons. The van der Waals surface area contributed by atoms with Crippen LogP contribution in [0.15, 0.2) is 120 Å². The summed E-state index contributed by atoms with van der Waals surface area (Å²) in [5.41, 5.74) is 8.42. The molecule has 0 N–H and O–H groups in total. The molecule has 8 aromatic rings. The zero-order valence-electron chi connectivity index (χ0n) is 24.1. The van der Waals surface area contributed by atoms with Gasteiger partial charge in [0.1, 0.15) is 11.2 Å². The van der Waals surface area contributed by atoms with E-state index in [1.165, 1.54) is 0 Å². The van der Waals surface area contributed by atoms with Crippen LogP contribution < -0.4 is 0 Å². The van der Waals surface area contributed by atoms with E-state index in [4.69, 9.17) is 17.6 Å². The molecule has 0 spiro atoms. The number of benzene rings is 6. The van der Waals surface area contributed by atoms with Crippen LogP contribution in [-0.4, -0.2) is 4.57 Å². The van der Waals surface area contributed by atoms with Gasteiger partial charge in [-0.25, -0.2) is 9.69 Å². The summed E-state index contributed by atoms with van der Waals surface area (Å²) in [6.07, 6.45) is 0. The van der Waals surface area contributed by atoms with Gasteiger partial charge in [0.2, 0.25) is 0 Å². The molecule has 0 aliphatic carbocycles. The van der Waals surface area contributed by atoms with Crippen LogP contribution >= 0.6 is 0 Å². The first kappa shape index (κ1) is 26.5. The molecule has 2 aromatic heterocycles. The molecular formula is C40H19N5O. The van der Waals surface area contributed by atoms with E-state index in [1.807, 2.05) is 72.8 Å². The molecule has 0 aliphatic rings. The highest BCUT2D eigenvalue weighted by Crippen LogP contribution is 2.44. The smallest absolute Gasteiger partial charge is 0.184 e. The average Bonchev–Trinajstić information content (AvgIpc) is 3.65. The van der Waals surface area contributed by atoms with Crippen LogP contribution in [0.5, 0.6) is 0 Å². The van der Waals surface area contributed by atoms with E-state index in [2.05, 4.69) is 32.5 Å². The predicted octanol–water partition coefficient (Wildman–Crippen LogP) is 10.9. The fourth-order valence-corrected chi connectivity index (χ4v) is 6.58. The van der Waals surface area contributed by atoms with Crippen molar-refractivity contribution in [2.75, 3.05) is 0 Å². The lowest BCUT2D eigenvalue weighted by atomic mass is 9.93. The Morgan fingerprint density at radius 2 is 1.26 bits per heavy atom. The molecule has 0 bridgehead atoms. The molecule has 0 atom stereocenters. The lowest BCUT2D eigenvalue weighted by molar-refractivity contribution is 0.669. The fourth-order valence-electron chi connectivity index (χ4n) is 6.58. The molecular weight excluding hydrogens is 566 g/mol. The van der Waals surface area contributed by atoms with Gasteiger partial charge in [0.25, 0.3) is 0 Å². The second kappa shape index (κ2) is 10.3. The number of para-hydroxylation sites is 2. The minimum absolute atomic E-state index is 0.407. The molecule has 6 nitrogen and oxygen atoms in total. The number of aromatic nitrogens is 1. The van der Waals surface area contributed by atoms with E-state index < -0.39 is 0 Å². The van der Waals surface area contributed by atoms with E-state index in [0.717, 1.165) is 60.6 Å². The second-order valence-electron chi connectivity index (χ2n) is 10.9. The van der Waals surface area contributed by atoms with Gasteiger partial charge < -0.3 is 8.98 Å². The van der Waals surface area contributed by atoms with Crippen molar-refractivity contribution >= 4 is 55.1 Å². The molecule has 0 saturated carbocycles. The minimum atomic E-state index is 0.407. The van der Waals surface area contributed by atoms with Crippen molar-refractivity contribution in [2.45, 2.75) is 0 Å². The first-order valence-electron chi connectivity index (χ1n) is 14.5. The summed E-state index contributed by atoms with van der Waals surface area (Å²) in [6.45, 7) is 15.6. The maximum Gasteiger partial charge on any atom is 0.184 e. The van der Waals surface area contributed by atoms with Crippen molar-refractivity contribution in [3.05, 3.63) is 149 Å². The lowest BCUT2D eigenvalue weighted by Gasteiger charge is -2.14. The molecule has 0 unspecified atom stereocenters. The van der Waals surface area contributed by atoms with Crippen LogP contribution in [0, 0.1) is 35.8 Å². The van der Waals surface area contributed by atoms with Gasteiger partial charge >= 0.3 is 0 Å². The van der Waals surface area contributed by atoms with Crippen molar-refractivity contribution in [3.63, 3.8) is 0 Å². The number of fused-ring (bicyclic) bond motifs is 6. The third kappa shape index (κ3) is 3.79. The number of nitrogens with zero attached hydrogens (tertiary/aromatic N) is 5. The molecule has 0 amide bonds. The Bertz CT molecular complexity index is 2690. The number of hydrogen-bond acceptors (Lipinski definition) is 3. The van der Waals surface area contributed by atoms with Gasteiger partial charge in [0.15, 0.2) is 11.4 Å². The molecule has 8 rings (SSSR count). The highest BCUT2D eigenvalue weighted by atomic mass is 16.3. The number of nitriles is 2. The lowest BCUT2D eigenvalue weighted by Crippen LogP contribution is -1.98. The molecule has 6 aromatic carbocycles. The van der Waals surface area contributed by atoms with Crippen molar-refractivity contribution < 1.29 is 4.42 Å². The summed E-state index contributed by atoms with van der Waals surface area (Å²) in [6, 6.07) is 40.9. The Morgan fingerprint density at radius 3 is 2.00 bits per heavy atom. The highest BCUT2D eigenvalue weighted by Gasteiger charge is 2.22. The fraction of sp³-hybridized carbons (Fsp3) is 0. The molecule has 0 fully saturated rings. The zero-order valence-corrected chi connectivity index (χ0v) is 24.1. The first-order valence-corrected chi connectivity index (χ1v) is 14.5. The summed E-state index contributed by atoms with van der Waals surface area (Å²) in [5, 5.41) is 24.1. The minimum Gasteiger partial charge on any atom is -0.456 e. The van der Waals surface area contributed by atoms with Crippen LogP contribution in [0.1, 0.15) is 11.1 Å². The standard InChI is InChI=1S/C40H19N5O/c1-43-33-13-7-14-34(44-2)39(33)24-16-18-28-30-11-6-12-31(38-25(22-41)8-5-9-26(38)23-42)40(30)45(35(28)20-24)27-17-19-37-32(21-27)29-10-3-4-15-36(29)46-37/h3-21H. The predicted molar refractivity (Wildman–Crippen MR) is 181 cm³/mol. The normalized spacial score (nSPS) is 11.0. The van der Waals surface area contributed by atoms with Crippen LogP contribution in [0.4, 0.5) is 11.4 Å². The quantitative estimate of drug-likeness (QED) is 0.194. The van der Waals surface area contributed by atoms with E-state index in [1.54, 1.807) is 36.4 Å². The number of rotatable bonds is 3. The molecule has 0 aliphatic heterocycles. The highest BCUT2D eigenvalue weighted by molar-refractivity contribution is 6.16. The Morgan fingerprint density at radius 1 is 0.587 bits per heavy atom.